The van der Waals surface area contributed by atoms with Crippen molar-refractivity contribution in [3.8, 4) is 0 Å². The number of hydrogen-bond acceptors (Lipinski definition) is 3. The quantitative estimate of drug-likeness (QED) is 0.774. The van der Waals surface area contributed by atoms with Crippen LogP contribution >= 0.6 is 0 Å². The van der Waals surface area contributed by atoms with Gasteiger partial charge in [0.2, 0.25) is 0 Å². The molecule has 0 radical (unpaired) electrons. The fraction of sp³-hybridized carbons (Fsp3) is 0.833. The summed E-state index contributed by atoms with van der Waals surface area (Å²) in [5, 5.41) is 11.6. The summed E-state index contributed by atoms with van der Waals surface area (Å²) in [7, 11) is 0. The second-order valence-corrected chi connectivity index (χ2v) is 4.67. The third-order valence-corrected chi connectivity index (χ3v) is 2.80. The first kappa shape index (κ1) is 13.2. The van der Waals surface area contributed by atoms with Gasteiger partial charge in [-0.3, -0.25) is 0 Å². The summed E-state index contributed by atoms with van der Waals surface area (Å²) in [6, 6.07) is 0.981. The van der Waals surface area contributed by atoms with Crippen LogP contribution in [0.4, 0.5) is 0 Å². The SMILES string of the molecule is CCCCC(C)NCc1nncn1C(C)C. The maximum atomic E-state index is 4.14. The predicted molar refractivity (Wildman–Crippen MR) is 66.2 cm³/mol. The molecule has 92 valence electrons. The van der Waals surface area contributed by atoms with Crippen LogP contribution < -0.4 is 5.32 Å². The lowest BCUT2D eigenvalue weighted by atomic mass is 10.1. The van der Waals surface area contributed by atoms with Crippen LogP contribution in [0.25, 0.3) is 0 Å². The molecule has 1 rings (SSSR count). The average Bonchev–Trinajstić information content (AvgIpc) is 2.71. The zero-order chi connectivity index (χ0) is 12.0. The zero-order valence-corrected chi connectivity index (χ0v) is 10.9. The minimum Gasteiger partial charge on any atom is -0.314 e. The average molecular weight is 224 g/mol. The molecule has 1 aromatic rings. The van der Waals surface area contributed by atoms with Crippen LogP contribution in [-0.2, 0) is 6.54 Å². The van der Waals surface area contributed by atoms with E-state index in [1.165, 1.54) is 19.3 Å². The van der Waals surface area contributed by atoms with Gasteiger partial charge >= 0.3 is 0 Å². The van der Waals surface area contributed by atoms with Crippen LogP contribution in [0.15, 0.2) is 6.33 Å². The Morgan fingerprint density at radius 1 is 1.38 bits per heavy atom. The van der Waals surface area contributed by atoms with Gasteiger partial charge in [-0.05, 0) is 27.2 Å². The van der Waals surface area contributed by atoms with Crippen molar-refractivity contribution >= 4 is 0 Å². The molecule has 1 N–H and O–H groups in total. The van der Waals surface area contributed by atoms with E-state index in [-0.39, 0.29) is 0 Å². The molecule has 0 aromatic carbocycles. The molecule has 0 aliphatic heterocycles. The van der Waals surface area contributed by atoms with Crippen LogP contribution in [0, 0.1) is 0 Å². The van der Waals surface area contributed by atoms with Crippen LogP contribution in [0.3, 0.4) is 0 Å². The Hall–Kier alpha value is -0.900. The summed E-state index contributed by atoms with van der Waals surface area (Å²) in [4.78, 5) is 0. The molecule has 4 nitrogen and oxygen atoms in total. The summed E-state index contributed by atoms with van der Waals surface area (Å²) in [5.41, 5.74) is 0. The van der Waals surface area contributed by atoms with Crippen molar-refractivity contribution in [2.24, 2.45) is 0 Å². The van der Waals surface area contributed by atoms with Gasteiger partial charge < -0.3 is 9.88 Å². The fourth-order valence-electron chi connectivity index (χ4n) is 1.70. The second-order valence-electron chi connectivity index (χ2n) is 4.67. The highest BCUT2D eigenvalue weighted by Gasteiger charge is 2.08. The minimum atomic E-state index is 0.428. The Balaban J connectivity index is 2.39. The van der Waals surface area contributed by atoms with E-state index in [1.54, 1.807) is 6.33 Å². The third kappa shape index (κ3) is 3.93. The van der Waals surface area contributed by atoms with E-state index in [1.807, 2.05) is 0 Å². The first-order chi connectivity index (χ1) is 7.65. The lowest BCUT2D eigenvalue weighted by Crippen LogP contribution is -2.27. The van der Waals surface area contributed by atoms with Crippen molar-refractivity contribution in [3.63, 3.8) is 0 Å². The van der Waals surface area contributed by atoms with Crippen molar-refractivity contribution in [1.29, 1.82) is 0 Å². The van der Waals surface area contributed by atoms with Crippen molar-refractivity contribution in [3.05, 3.63) is 12.2 Å². The van der Waals surface area contributed by atoms with Gasteiger partial charge in [-0.15, -0.1) is 10.2 Å². The predicted octanol–water partition coefficient (Wildman–Crippen LogP) is 2.53. The largest absolute Gasteiger partial charge is 0.314 e. The van der Waals surface area contributed by atoms with Gasteiger partial charge in [-0.2, -0.15) is 0 Å². The van der Waals surface area contributed by atoms with E-state index in [0.717, 1.165) is 12.4 Å². The van der Waals surface area contributed by atoms with Crippen LogP contribution in [0.5, 0.6) is 0 Å². The van der Waals surface area contributed by atoms with E-state index in [0.29, 0.717) is 12.1 Å². The second kappa shape index (κ2) is 6.63. The topological polar surface area (TPSA) is 42.7 Å². The van der Waals surface area contributed by atoms with Crippen molar-refractivity contribution < 1.29 is 0 Å². The number of aromatic nitrogens is 3. The molecule has 0 saturated heterocycles. The van der Waals surface area contributed by atoms with E-state index in [2.05, 4.69) is 47.8 Å². The highest BCUT2D eigenvalue weighted by atomic mass is 15.3. The number of rotatable bonds is 7. The molecule has 0 amide bonds. The highest BCUT2D eigenvalue weighted by Crippen LogP contribution is 2.07. The van der Waals surface area contributed by atoms with Crippen LogP contribution in [0.2, 0.25) is 0 Å². The molecule has 1 heterocycles. The number of nitrogens with one attached hydrogen (secondary N) is 1. The van der Waals surface area contributed by atoms with Crippen molar-refractivity contribution in [1.82, 2.24) is 20.1 Å². The molecule has 16 heavy (non-hydrogen) atoms. The fourth-order valence-corrected chi connectivity index (χ4v) is 1.70. The normalized spacial score (nSPS) is 13.3. The molecule has 4 heteroatoms. The zero-order valence-electron chi connectivity index (χ0n) is 10.9. The summed E-state index contributed by atoms with van der Waals surface area (Å²) >= 11 is 0. The first-order valence-electron chi connectivity index (χ1n) is 6.26. The lowest BCUT2D eigenvalue weighted by Gasteiger charge is -2.14. The lowest BCUT2D eigenvalue weighted by molar-refractivity contribution is 0.468. The smallest absolute Gasteiger partial charge is 0.147 e. The first-order valence-corrected chi connectivity index (χ1v) is 6.26. The molecule has 0 bridgehead atoms. The van der Waals surface area contributed by atoms with E-state index in [9.17, 15) is 0 Å². The Bertz CT molecular complexity index is 293. The van der Waals surface area contributed by atoms with Crippen molar-refractivity contribution in [2.45, 2.75) is 65.6 Å². The summed E-state index contributed by atoms with van der Waals surface area (Å²) in [6.07, 6.45) is 5.57. The molecule has 0 fully saturated rings. The summed E-state index contributed by atoms with van der Waals surface area (Å²) in [5.74, 6) is 1.03. The molecule has 1 unspecified atom stereocenters. The van der Waals surface area contributed by atoms with Gasteiger partial charge in [0.25, 0.3) is 0 Å². The molecule has 1 aromatic heterocycles. The van der Waals surface area contributed by atoms with E-state index >= 15 is 0 Å². The number of unbranched alkanes of at least 4 members (excludes halogenated alkanes) is 1. The third-order valence-electron chi connectivity index (χ3n) is 2.80. The van der Waals surface area contributed by atoms with Gasteiger partial charge in [-0.1, -0.05) is 19.8 Å². The van der Waals surface area contributed by atoms with Crippen molar-refractivity contribution in [2.75, 3.05) is 0 Å². The van der Waals surface area contributed by atoms with Gasteiger partial charge in [0.05, 0.1) is 6.54 Å². The summed E-state index contributed by atoms with van der Waals surface area (Å²) < 4.78 is 2.11. The molecular formula is C12H24N4. The van der Waals surface area contributed by atoms with Gasteiger partial charge in [0, 0.05) is 12.1 Å². The molecule has 1 atom stereocenters. The Kier molecular flexibility index (Phi) is 5.46. The van der Waals surface area contributed by atoms with Crippen LogP contribution in [-0.4, -0.2) is 20.8 Å². The Labute approximate surface area is 98.5 Å². The van der Waals surface area contributed by atoms with E-state index < -0.39 is 0 Å². The van der Waals surface area contributed by atoms with Gasteiger partial charge in [0.15, 0.2) is 0 Å². The summed E-state index contributed by atoms with van der Waals surface area (Å²) in [6.45, 7) is 9.55. The molecular weight excluding hydrogens is 200 g/mol. The van der Waals surface area contributed by atoms with Gasteiger partial charge in [-0.25, -0.2) is 0 Å². The van der Waals surface area contributed by atoms with Gasteiger partial charge in [0.1, 0.15) is 12.2 Å². The molecule has 0 spiro atoms. The maximum absolute atomic E-state index is 4.14. The monoisotopic (exact) mass is 224 g/mol. The Morgan fingerprint density at radius 2 is 2.12 bits per heavy atom. The minimum absolute atomic E-state index is 0.428. The molecule has 0 saturated carbocycles. The standard InChI is InChI=1S/C12H24N4/c1-5-6-7-11(4)13-8-12-15-14-9-16(12)10(2)3/h9-11,13H,5-8H2,1-4H3. The molecule has 0 aliphatic rings. The highest BCUT2D eigenvalue weighted by molar-refractivity contribution is 4.87. The van der Waals surface area contributed by atoms with Crippen LogP contribution in [0.1, 0.15) is 58.8 Å². The number of nitrogens with zero attached hydrogens (tertiary/aromatic N) is 3. The van der Waals surface area contributed by atoms with E-state index in [4.69, 9.17) is 0 Å². The maximum Gasteiger partial charge on any atom is 0.147 e. The number of hydrogen-bond donors (Lipinski definition) is 1. The Morgan fingerprint density at radius 3 is 2.75 bits per heavy atom. The molecule has 0 aliphatic carbocycles.